The van der Waals surface area contributed by atoms with E-state index in [1.54, 1.807) is 18.2 Å². The third kappa shape index (κ3) is 3.29. The molecule has 1 aromatic carbocycles. The normalized spacial score (nSPS) is 11.0. The van der Waals surface area contributed by atoms with Gasteiger partial charge in [-0.15, -0.1) is 0 Å². The van der Waals surface area contributed by atoms with Crippen molar-refractivity contribution in [3.05, 3.63) is 47.5 Å². The zero-order chi connectivity index (χ0) is 12.3. The molecule has 2 N–H and O–H groups in total. The van der Waals surface area contributed by atoms with Gasteiger partial charge in [-0.1, -0.05) is 17.3 Å². The van der Waals surface area contributed by atoms with Crippen LogP contribution in [0.5, 0.6) is 0 Å². The van der Waals surface area contributed by atoms with Gasteiger partial charge in [-0.2, -0.15) is 0 Å². The number of rotatable bonds is 4. The minimum atomic E-state index is -0.223. The molecule has 0 aliphatic heterocycles. The molecule has 5 heteroatoms. The van der Waals surface area contributed by atoms with Crippen molar-refractivity contribution < 1.29 is 8.91 Å². The van der Waals surface area contributed by atoms with E-state index in [1.165, 1.54) is 12.1 Å². The standard InChI is InChI=1S/C12H14FN3O/c1-16(8-11-6-12(14)15-17-11)7-9-2-4-10(13)5-3-9/h2-6H,7-8H2,1H3,(H2,14,15). The minimum Gasteiger partial charge on any atom is -0.381 e. The van der Waals surface area contributed by atoms with Gasteiger partial charge in [-0.25, -0.2) is 4.39 Å². The predicted octanol–water partition coefficient (Wildman–Crippen LogP) is 2.03. The Morgan fingerprint density at radius 2 is 2.00 bits per heavy atom. The van der Waals surface area contributed by atoms with Crippen molar-refractivity contribution in [3.63, 3.8) is 0 Å². The second-order valence-electron chi connectivity index (χ2n) is 4.02. The van der Waals surface area contributed by atoms with Gasteiger partial charge in [0, 0.05) is 12.6 Å². The Morgan fingerprint density at radius 3 is 2.59 bits per heavy atom. The fraction of sp³-hybridized carbons (Fsp3) is 0.250. The summed E-state index contributed by atoms with van der Waals surface area (Å²) in [5, 5.41) is 3.61. The highest BCUT2D eigenvalue weighted by molar-refractivity contribution is 5.26. The molecule has 0 fully saturated rings. The van der Waals surface area contributed by atoms with Crippen LogP contribution in [0.1, 0.15) is 11.3 Å². The predicted molar refractivity (Wildman–Crippen MR) is 62.5 cm³/mol. The van der Waals surface area contributed by atoms with E-state index in [0.29, 0.717) is 24.7 Å². The number of nitrogens with two attached hydrogens (primary N) is 1. The quantitative estimate of drug-likeness (QED) is 0.881. The SMILES string of the molecule is CN(Cc1ccc(F)cc1)Cc1cc(N)no1. The van der Waals surface area contributed by atoms with Gasteiger partial charge in [0.1, 0.15) is 5.82 Å². The van der Waals surface area contributed by atoms with E-state index < -0.39 is 0 Å². The number of aromatic nitrogens is 1. The maximum atomic E-state index is 12.7. The van der Waals surface area contributed by atoms with Crippen LogP contribution in [-0.4, -0.2) is 17.1 Å². The summed E-state index contributed by atoms with van der Waals surface area (Å²) in [6.45, 7) is 1.32. The summed E-state index contributed by atoms with van der Waals surface area (Å²) in [7, 11) is 1.95. The summed E-state index contributed by atoms with van der Waals surface area (Å²) in [4.78, 5) is 2.03. The lowest BCUT2D eigenvalue weighted by Gasteiger charge is -2.14. The minimum absolute atomic E-state index is 0.223. The van der Waals surface area contributed by atoms with Crippen LogP contribution in [0.2, 0.25) is 0 Å². The molecule has 0 aliphatic carbocycles. The number of benzene rings is 1. The van der Waals surface area contributed by atoms with Crippen molar-refractivity contribution in [2.75, 3.05) is 12.8 Å². The largest absolute Gasteiger partial charge is 0.381 e. The summed E-state index contributed by atoms with van der Waals surface area (Å²) < 4.78 is 17.7. The van der Waals surface area contributed by atoms with Crippen molar-refractivity contribution in [2.45, 2.75) is 13.1 Å². The lowest BCUT2D eigenvalue weighted by atomic mass is 10.2. The molecule has 2 rings (SSSR count). The topological polar surface area (TPSA) is 55.3 Å². The van der Waals surface area contributed by atoms with Gasteiger partial charge in [0.05, 0.1) is 6.54 Å². The fourth-order valence-electron chi connectivity index (χ4n) is 1.63. The molecule has 4 nitrogen and oxygen atoms in total. The van der Waals surface area contributed by atoms with E-state index in [-0.39, 0.29) is 5.82 Å². The van der Waals surface area contributed by atoms with Crippen LogP contribution < -0.4 is 5.73 Å². The van der Waals surface area contributed by atoms with Crippen LogP contribution in [-0.2, 0) is 13.1 Å². The Labute approximate surface area is 98.8 Å². The van der Waals surface area contributed by atoms with Crippen LogP contribution in [0.3, 0.4) is 0 Å². The van der Waals surface area contributed by atoms with Crippen LogP contribution >= 0.6 is 0 Å². The van der Waals surface area contributed by atoms with Crippen LogP contribution in [0.25, 0.3) is 0 Å². The fourth-order valence-corrected chi connectivity index (χ4v) is 1.63. The summed E-state index contributed by atoms with van der Waals surface area (Å²) in [6, 6.07) is 8.13. The lowest BCUT2D eigenvalue weighted by molar-refractivity contribution is 0.267. The highest BCUT2D eigenvalue weighted by atomic mass is 19.1. The molecule has 1 aromatic heterocycles. The van der Waals surface area contributed by atoms with Crippen molar-refractivity contribution in [1.29, 1.82) is 0 Å². The average molecular weight is 235 g/mol. The van der Waals surface area contributed by atoms with Gasteiger partial charge in [-0.05, 0) is 24.7 Å². The molecule has 17 heavy (non-hydrogen) atoms. The Bertz CT molecular complexity index is 481. The van der Waals surface area contributed by atoms with E-state index >= 15 is 0 Å². The molecule has 0 radical (unpaired) electrons. The molecule has 0 saturated heterocycles. The number of anilines is 1. The number of nitrogens with zero attached hydrogens (tertiary/aromatic N) is 2. The zero-order valence-corrected chi connectivity index (χ0v) is 9.56. The summed E-state index contributed by atoms with van der Waals surface area (Å²) in [6.07, 6.45) is 0. The van der Waals surface area contributed by atoms with Gasteiger partial charge < -0.3 is 10.3 Å². The third-order valence-electron chi connectivity index (χ3n) is 2.37. The third-order valence-corrected chi connectivity index (χ3v) is 2.37. The lowest BCUT2D eigenvalue weighted by Crippen LogP contribution is -2.16. The molecule has 0 saturated carbocycles. The van der Waals surface area contributed by atoms with E-state index in [1.807, 2.05) is 11.9 Å². The van der Waals surface area contributed by atoms with Gasteiger partial charge in [0.15, 0.2) is 11.6 Å². The van der Waals surface area contributed by atoms with Gasteiger partial charge >= 0.3 is 0 Å². The zero-order valence-electron chi connectivity index (χ0n) is 9.56. The molecule has 0 unspecified atom stereocenters. The smallest absolute Gasteiger partial charge is 0.167 e. The molecular weight excluding hydrogens is 221 g/mol. The first-order valence-corrected chi connectivity index (χ1v) is 5.27. The first-order chi connectivity index (χ1) is 8.13. The second-order valence-corrected chi connectivity index (χ2v) is 4.02. The molecular formula is C12H14FN3O. The van der Waals surface area contributed by atoms with Crippen molar-refractivity contribution in [1.82, 2.24) is 10.1 Å². The molecule has 0 spiro atoms. The summed E-state index contributed by atoms with van der Waals surface area (Å²) in [5.41, 5.74) is 6.50. The highest BCUT2D eigenvalue weighted by Gasteiger charge is 2.06. The van der Waals surface area contributed by atoms with Gasteiger partial charge in [-0.3, -0.25) is 4.90 Å². The molecule has 0 aliphatic rings. The van der Waals surface area contributed by atoms with Gasteiger partial charge in [0.25, 0.3) is 0 Å². The molecule has 0 amide bonds. The Balaban J connectivity index is 1.93. The molecule has 90 valence electrons. The summed E-state index contributed by atoms with van der Waals surface area (Å²) >= 11 is 0. The maximum absolute atomic E-state index is 12.7. The molecule has 1 heterocycles. The van der Waals surface area contributed by atoms with Crippen molar-refractivity contribution in [3.8, 4) is 0 Å². The molecule has 0 bridgehead atoms. The van der Waals surface area contributed by atoms with Crippen LogP contribution in [0.15, 0.2) is 34.9 Å². The first kappa shape index (κ1) is 11.6. The number of nitrogen functional groups attached to an aromatic ring is 1. The van der Waals surface area contributed by atoms with E-state index in [0.717, 1.165) is 5.56 Å². The maximum Gasteiger partial charge on any atom is 0.167 e. The van der Waals surface area contributed by atoms with E-state index in [2.05, 4.69) is 5.16 Å². The second kappa shape index (κ2) is 4.97. The highest BCUT2D eigenvalue weighted by Crippen LogP contribution is 2.10. The van der Waals surface area contributed by atoms with Gasteiger partial charge in [0.2, 0.25) is 0 Å². The molecule has 2 aromatic rings. The molecule has 0 atom stereocenters. The first-order valence-electron chi connectivity index (χ1n) is 5.27. The monoisotopic (exact) mass is 235 g/mol. The van der Waals surface area contributed by atoms with Crippen LogP contribution in [0.4, 0.5) is 10.2 Å². The number of hydrogen-bond donors (Lipinski definition) is 1. The van der Waals surface area contributed by atoms with E-state index in [4.69, 9.17) is 10.3 Å². The average Bonchev–Trinajstić information content (AvgIpc) is 2.67. The number of halogens is 1. The Morgan fingerprint density at radius 1 is 1.29 bits per heavy atom. The van der Waals surface area contributed by atoms with E-state index in [9.17, 15) is 4.39 Å². The van der Waals surface area contributed by atoms with Crippen LogP contribution in [0, 0.1) is 5.82 Å². The number of hydrogen-bond acceptors (Lipinski definition) is 4. The summed E-state index contributed by atoms with van der Waals surface area (Å²) in [5.74, 6) is 0.877. The Kier molecular flexibility index (Phi) is 3.39. The van der Waals surface area contributed by atoms with Crippen molar-refractivity contribution in [2.24, 2.45) is 0 Å². The Hall–Kier alpha value is -1.88. The van der Waals surface area contributed by atoms with Crippen molar-refractivity contribution >= 4 is 5.82 Å².